The van der Waals surface area contributed by atoms with Gasteiger partial charge in [-0.15, -0.1) is 12.4 Å². The van der Waals surface area contributed by atoms with Gasteiger partial charge in [-0.25, -0.2) is 0 Å². The first-order valence-electron chi connectivity index (χ1n) is 4.83. The van der Waals surface area contributed by atoms with Gasteiger partial charge in [0.15, 0.2) is 0 Å². The topological polar surface area (TPSA) is 66.5 Å². The Morgan fingerprint density at radius 1 is 1.33 bits per heavy atom. The first-order chi connectivity index (χ1) is 6.56. The van der Waals surface area contributed by atoms with Crippen LogP contribution in [0.2, 0.25) is 0 Å². The highest BCUT2D eigenvalue weighted by Crippen LogP contribution is 2.31. The number of aromatic hydroxyl groups is 2. The van der Waals surface area contributed by atoms with E-state index in [9.17, 15) is 10.2 Å². The van der Waals surface area contributed by atoms with E-state index in [4.69, 9.17) is 5.73 Å². The Labute approximate surface area is 96.3 Å². The number of nitrogens with two attached hydrogens (primary N) is 1. The Kier molecular flexibility index (Phi) is 5.47. The van der Waals surface area contributed by atoms with Crippen molar-refractivity contribution in [2.45, 2.75) is 26.3 Å². The summed E-state index contributed by atoms with van der Waals surface area (Å²) >= 11 is 0. The van der Waals surface area contributed by atoms with Gasteiger partial charge < -0.3 is 15.9 Å². The highest BCUT2D eigenvalue weighted by Gasteiger charge is 2.16. The largest absolute Gasteiger partial charge is 0.508 e. The van der Waals surface area contributed by atoms with Crippen LogP contribution in [0.15, 0.2) is 18.2 Å². The van der Waals surface area contributed by atoms with Crippen molar-refractivity contribution in [3.05, 3.63) is 23.8 Å². The van der Waals surface area contributed by atoms with E-state index >= 15 is 0 Å². The average Bonchev–Trinajstić information content (AvgIpc) is 2.19. The normalized spacial score (nSPS) is 14.1. The average molecular weight is 232 g/mol. The van der Waals surface area contributed by atoms with Crippen LogP contribution in [-0.4, -0.2) is 10.2 Å². The van der Waals surface area contributed by atoms with Crippen molar-refractivity contribution < 1.29 is 10.2 Å². The van der Waals surface area contributed by atoms with Crippen LogP contribution in [0.3, 0.4) is 0 Å². The standard InChI is InChI=1S/C11H17NO2.ClH/c1-3-7(2)11(12)9-6-8(13)4-5-10(9)14;/h4-7,11,13-14H,3,12H2,1-2H3;1H/t7?,11-;/m1./s1. The third kappa shape index (κ3) is 3.29. The Morgan fingerprint density at radius 2 is 1.93 bits per heavy atom. The third-order valence-electron chi connectivity index (χ3n) is 2.63. The number of hydrogen-bond donors (Lipinski definition) is 3. The van der Waals surface area contributed by atoms with Gasteiger partial charge in [-0.05, 0) is 24.1 Å². The predicted molar refractivity (Wildman–Crippen MR) is 63.4 cm³/mol. The van der Waals surface area contributed by atoms with Crippen molar-refractivity contribution in [2.24, 2.45) is 11.7 Å². The van der Waals surface area contributed by atoms with Crippen molar-refractivity contribution in [2.75, 3.05) is 0 Å². The van der Waals surface area contributed by atoms with Gasteiger partial charge in [-0.3, -0.25) is 0 Å². The van der Waals surface area contributed by atoms with Crippen LogP contribution in [0.5, 0.6) is 11.5 Å². The van der Waals surface area contributed by atoms with Gasteiger partial charge in [0.1, 0.15) is 11.5 Å². The van der Waals surface area contributed by atoms with E-state index in [1.807, 2.05) is 13.8 Å². The minimum absolute atomic E-state index is 0. The van der Waals surface area contributed by atoms with Crippen LogP contribution in [0.25, 0.3) is 0 Å². The fourth-order valence-corrected chi connectivity index (χ4v) is 1.37. The molecule has 0 bridgehead atoms. The molecule has 0 fully saturated rings. The Balaban J connectivity index is 0.00000196. The zero-order valence-corrected chi connectivity index (χ0v) is 9.79. The molecule has 0 saturated heterocycles. The molecule has 1 aromatic carbocycles. The molecule has 1 rings (SSSR count). The number of halogens is 1. The molecule has 0 aliphatic carbocycles. The van der Waals surface area contributed by atoms with E-state index in [0.29, 0.717) is 5.56 Å². The zero-order valence-electron chi connectivity index (χ0n) is 8.97. The maximum Gasteiger partial charge on any atom is 0.120 e. The van der Waals surface area contributed by atoms with E-state index in [1.165, 1.54) is 18.2 Å². The van der Waals surface area contributed by atoms with Gasteiger partial charge in [0, 0.05) is 11.6 Å². The third-order valence-corrected chi connectivity index (χ3v) is 2.63. The van der Waals surface area contributed by atoms with E-state index in [0.717, 1.165) is 6.42 Å². The number of hydrogen-bond acceptors (Lipinski definition) is 3. The molecule has 0 saturated carbocycles. The van der Waals surface area contributed by atoms with Crippen LogP contribution >= 0.6 is 12.4 Å². The molecule has 4 heteroatoms. The Hall–Kier alpha value is -0.930. The first kappa shape index (κ1) is 14.1. The SMILES string of the molecule is CCC(C)[C@@H](N)c1cc(O)ccc1O.Cl. The van der Waals surface area contributed by atoms with Crippen molar-refractivity contribution in [3.8, 4) is 11.5 Å². The van der Waals surface area contributed by atoms with Crippen molar-refractivity contribution in [1.82, 2.24) is 0 Å². The Bertz CT molecular complexity index is 317. The monoisotopic (exact) mass is 231 g/mol. The highest BCUT2D eigenvalue weighted by molar-refractivity contribution is 5.85. The summed E-state index contributed by atoms with van der Waals surface area (Å²) in [5.74, 6) is 0.565. The lowest BCUT2D eigenvalue weighted by Crippen LogP contribution is -2.18. The molecular formula is C11H18ClNO2. The summed E-state index contributed by atoms with van der Waals surface area (Å²) in [7, 11) is 0. The highest BCUT2D eigenvalue weighted by atomic mass is 35.5. The second-order valence-electron chi connectivity index (χ2n) is 3.65. The smallest absolute Gasteiger partial charge is 0.120 e. The molecule has 3 nitrogen and oxygen atoms in total. The van der Waals surface area contributed by atoms with Gasteiger partial charge in [0.2, 0.25) is 0 Å². The number of phenols is 2. The van der Waals surface area contributed by atoms with Crippen LogP contribution < -0.4 is 5.73 Å². The second-order valence-corrected chi connectivity index (χ2v) is 3.65. The van der Waals surface area contributed by atoms with Gasteiger partial charge in [0.25, 0.3) is 0 Å². The molecule has 1 unspecified atom stereocenters. The second kappa shape index (κ2) is 5.83. The molecule has 0 aromatic heterocycles. The van der Waals surface area contributed by atoms with Crippen molar-refractivity contribution in [1.29, 1.82) is 0 Å². The summed E-state index contributed by atoms with van der Waals surface area (Å²) in [6.07, 6.45) is 0.941. The molecule has 1 aromatic rings. The molecule has 0 aliphatic rings. The molecule has 0 spiro atoms. The molecule has 4 N–H and O–H groups in total. The van der Waals surface area contributed by atoms with Gasteiger partial charge in [-0.2, -0.15) is 0 Å². The molecule has 0 radical (unpaired) electrons. The molecule has 2 atom stereocenters. The van der Waals surface area contributed by atoms with Crippen molar-refractivity contribution in [3.63, 3.8) is 0 Å². The predicted octanol–water partition coefficient (Wildman–Crippen LogP) is 2.57. The lowest BCUT2D eigenvalue weighted by molar-refractivity contribution is 0.413. The molecular weight excluding hydrogens is 214 g/mol. The number of rotatable bonds is 3. The molecule has 15 heavy (non-hydrogen) atoms. The quantitative estimate of drug-likeness (QED) is 0.701. The van der Waals surface area contributed by atoms with Gasteiger partial charge in [-0.1, -0.05) is 20.3 Å². The fraction of sp³-hybridized carbons (Fsp3) is 0.455. The fourth-order valence-electron chi connectivity index (χ4n) is 1.37. The molecule has 86 valence electrons. The van der Waals surface area contributed by atoms with E-state index in [1.54, 1.807) is 0 Å². The first-order valence-corrected chi connectivity index (χ1v) is 4.83. The summed E-state index contributed by atoms with van der Waals surface area (Å²) in [6.45, 7) is 4.07. The summed E-state index contributed by atoms with van der Waals surface area (Å²) in [5.41, 5.74) is 6.56. The van der Waals surface area contributed by atoms with E-state index in [2.05, 4.69) is 0 Å². The minimum Gasteiger partial charge on any atom is -0.508 e. The summed E-state index contributed by atoms with van der Waals surface area (Å²) in [5, 5.41) is 18.8. The van der Waals surface area contributed by atoms with Gasteiger partial charge in [0.05, 0.1) is 0 Å². The number of benzene rings is 1. The number of phenolic OH excluding ortho intramolecular Hbond substituents is 2. The zero-order chi connectivity index (χ0) is 10.7. The molecule has 0 aliphatic heterocycles. The lowest BCUT2D eigenvalue weighted by Gasteiger charge is -2.19. The molecule has 0 heterocycles. The van der Waals surface area contributed by atoms with Gasteiger partial charge >= 0.3 is 0 Å². The lowest BCUT2D eigenvalue weighted by atomic mass is 9.92. The summed E-state index contributed by atoms with van der Waals surface area (Å²) < 4.78 is 0. The van der Waals surface area contributed by atoms with Crippen LogP contribution in [0, 0.1) is 5.92 Å². The maximum absolute atomic E-state index is 9.56. The molecule has 0 amide bonds. The van der Waals surface area contributed by atoms with E-state index in [-0.39, 0.29) is 35.9 Å². The van der Waals surface area contributed by atoms with Crippen molar-refractivity contribution >= 4 is 12.4 Å². The maximum atomic E-state index is 9.56. The Morgan fingerprint density at radius 3 is 2.47 bits per heavy atom. The van der Waals surface area contributed by atoms with Crippen LogP contribution in [0.1, 0.15) is 31.9 Å². The summed E-state index contributed by atoms with van der Waals surface area (Å²) in [4.78, 5) is 0. The summed E-state index contributed by atoms with van der Waals surface area (Å²) in [6, 6.07) is 4.20. The van der Waals surface area contributed by atoms with Crippen LogP contribution in [0.4, 0.5) is 0 Å². The minimum atomic E-state index is -0.230. The van der Waals surface area contributed by atoms with Crippen LogP contribution in [-0.2, 0) is 0 Å². The van der Waals surface area contributed by atoms with E-state index < -0.39 is 0 Å².